The number of ether oxygens (including phenoxy) is 1. The first-order chi connectivity index (χ1) is 11.7. The molecule has 1 N–H and O–H groups in total. The molecule has 126 valence electrons. The van der Waals surface area contributed by atoms with Crippen molar-refractivity contribution < 1.29 is 14.6 Å². The summed E-state index contributed by atoms with van der Waals surface area (Å²) in [5, 5.41) is 9.18. The highest BCUT2D eigenvalue weighted by Crippen LogP contribution is 2.23. The topological polar surface area (TPSA) is 53.0 Å². The highest BCUT2D eigenvalue weighted by atomic mass is 16.5. The number of methoxy groups -OCH3 is 1. The van der Waals surface area contributed by atoms with Crippen LogP contribution in [0.3, 0.4) is 0 Å². The second-order valence-electron chi connectivity index (χ2n) is 5.93. The monoisotopic (exact) mass is 326 g/mol. The molecule has 2 aromatic rings. The molecule has 2 aromatic carbocycles. The van der Waals surface area contributed by atoms with Crippen LogP contribution in [0.25, 0.3) is 0 Å². The summed E-state index contributed by atoms with van der Waals surface area (Å²) in [7, 11) is 1.62. The molecular weight excluding hydrogens is 304 g/mol. The first kappa shape index (κ1) is 16.3. The second kappa shape index (κ2) is 7.36. The Morgan fingerprint density at radius 3 is 2.42 bits per heavy atom. The van der Waals surface area contributed by atoms with Crippen molar-refractivity contribution in [3.05, 3.63) is 59.7 Å². The smallest absolute Gasteiger partial charge is 0.335 e. The van der Waals surface area contributed by atoms with E-state index in [1.165, 1.54) is 5.69 Å². The van der Waals surface area contributed by atoms with E-state index in [0.29, 0.717) is 12.1 Å². The van der Waals surface area contributed by atoms with Crippen LogP contribution in [-0.2, 0) is 6.54 Å². The van der Waals surface area contributed by atoms with Gasteiger partial charge in [-0.05, 0) is 30.3 Å². The van der Waals surface area contributed by atoms with Gasteiger partial charge in [0.1, 0.15) is 5.75 Å². The quantitative estimate of drug-likeness (QED) is 0.915. The number of carbonyl (C=O) groups is 1. The number of carboxylic acid groups (broad SMARTS) is 1. The van der Waals surface area contributed by atoms with Crippen LogP contribution in [0.4, 0.5) is 5.69 Å². The molecule has 1 fully saturated rings. The summed E-state index contributed by atoms with van der Waals surface area (Å²) in [6.07, 6.45) is 0. The van der Waals surface area contributed by atoms with Crippen LogP contribution in [0.1, 0.15) is 15.9 Å². The third-order valence-electron chi connectivity index (χ3n) is 4.41. The zero-order chi connectivity index (χ0) is 16.9. The largest absolute Gasteiger partial charge is 0.496 e. The van der Waals surface area contributed by atoms with Gasteiger partial charge in [-0.1, -0.05) is 18.2 Å². The third-order valence-corrected chi connectivity index (χ3v) is 4.41. The van der Waals surface area contributed by atoms with E-state index in [2.05, 4.69) is 34.1 Å². The SMILES string of the molecule is COc1ccc(C(=O)O)cc1CN1CCN(c2ccccc2)CC1. The van der Waals surface area contributed by atoms with Crippen molar-refractivity contribution in [2.24, 2.45) is 0 Å². The molecule has 0 spiro atoms. The van der Waals surface area contributed by atoms with Gasteiger partial charge in [0.25, 0.3) is 0 Å². The number of hydrogen-bond acceptors (Lipinski definition) is 4. The summed E-state index contributed by atoms with van der Waals surface area (Å²) in [5.74, 6) is -0.168. The number of anilines is 1. The van der Waals surface area contributed by atoms with Gasteiger partial charge in [-0.15, -0.1) is 0 Å². The number of rotatable bonds is 5. The first-order valence-corrected chi connectivity index (χ1v) is 8.10. The second-order valence-corrected chi connectivity index (χ2v) is 5.93. The fraction of sp³-hybridized carbons (Fsp3) is 0.316. The summed E-state index contributed by atoms with van der Waals surface area (Å²) in [5.41, 5.74) is 2.47. The van der Waals surface area contributed by atoms with E-state index in [1.54, 1.807) is 25.3 Å². The molecule has 1 aliphatic rings. The Bertz CT molecular complexity index is 695. The van der Waals surface area contributed by atoms with Crippen LogP contribution >= 0.6 is 0 Å². The van der Waals surface area contributed by atoms with Gasteiger partial charge in [0.15, 0.2) is 0 Å². The van der Waals surface area contributed by atoms with Gasteiger partial charge < -0.3 is 14.7 Å². The number of benzene rings is 2. The minimum Gasteiger partial charge on any atom is -0.496 e. The van der Waals surface area contributed by atoms with Crippen molar-refractivity contribution in [2.75, 3.05) is 38.2 Å². The zero-order valence-electron chi connectivity index (χ0n) is 13.8. The summed E-state index contributed by atoms with van der Waals surface area (Å²) in [6.45, 7) is 4.51. The first-order valence-electron chi connectivity index (χ1n) is 8.10. The Morgan fingerprint density at radius 2 is 1.79 bits per heavy atom. The fourth-order valence-corrected chi connectivity index (χ4v) is 3.08. The maximum atomic E-state index is 11.2. The van der Waals surface area contributed by atoms with Crippen molar-refractivity contribution in [1.29, 1.82) is 0 Å². The third kappa shape index (κ3) is 3.68. The van der Waals surface area contributed by atoms with Crippen molar-refractivity contribution >= 4 is 11.7 Å². The molecule has 0 bridgehead atoms. The normalized spacial score (nSPS) is 15.3. The van der Waals surface area contributed by atoms with Gasteiger partial charge >= 0.3 is 5.97 Å². The molecule has 0 amide bonds. The van der Waals surface area contributed by atoms with E-state index in [1.807, 2.05) is 6.07 Å². The number of piperazine rings is 1. The van der Waals surface area contributed by atoms with Gasteiger partial charge in [0.05, 0.1) is 12.7 Å². The van der Waals surface area contributed by atoms with E-state index >= 15 is 0 Å². The van der Waals surface area contributed by atoms with E-state index in [-0.39, 0.29) is 0 Å². The zero-order valence-corrected chi connectivity index (χ0v) is 13.8. The van der Waals surface area contributed by atoms with Gasteiger partial charge in [-0.2, -0.15) is 0 Å². The predicted octanol–water partition coefficient (Wildman–Crippen LogP) is 2.72. The average Bonchev–Trinajstić information content (AvgIpc) is 2.63. The lowest BCUT2D eigenvalue weighted by molar-refractivity contribution is 0.0696. The molecule has 0 atom stereocenters. The van der Waals surface area contributed by atoms with Crippen molar-refractivity contribution in [1.82, 2.24) is 4.90 Å². The van der Waals surface area contributed by atoms with Crippen molar-refractivity contribution in [3.8, 4) is 5.75 Å². The maximum Gasteiger partial charge on any atom is 0.335 e. The molecule has 0 aromatic heterocycles. The Hall–Kier alpha value is -2.53. The lowest BCUT2D eigenvalue weighted by Gasteiger charge is -2.36. The predicted molar refractivity (Wildman–Crippen MR) is 93.9 cm³/mol. The van der Waals surface area contributed by atoms with E-state index in [9.17, 15) is 9.90 Å². The van der Waals surface area contributed by atoms with Crippen LogP contribution in [0, 0.1) is 0 Å². The number of nitrogens with zero attached hydrogens (tertiary/aromatic N) is 2. The minimum absolute atomic E-state index is 0.300. The summed E-state index contributed by atoms with van der Waals surface area (Å²) < 4.78 is 5.38. The lowest BCUT2D eigenvalue weighted by Crippen LogP contribution is -2.46. The molecule has 1 heterocycles. The lowest BCUT2D eigenvalue weighted by atomic mass is 10.1. The van der Waals surface area contributed by atoms with E-state index < -0.39 is 5.97 Å². The van der Waals surface area contributed by atoms with E-state index in [4.69, 9.17) is 4.74 Å². The van der Waals surface area contributed by atoms with Gasteiger partial charge in [0.2, 0.25) is 0 Å². The molecule has 5 nitrogen and oxygen atoms in total. The van der Waals surface area contributed by atoms with Crippen LogP contribution in [0.15, 0.2) is 48.5 Å². The number of carboxylic acids is 1. The molecule has 0 saturated carbocycles. The molecule has 0 aliphatic carbocycles. The number of aromatic carboxylic acids is 1. The van der Waals surface area contributed by atoms with Gasteiger partial charge in [0, 0.05) is 44.0 Å². The molecule has 0 unspecified atom stereocenters. The highest BCUT2D eigenvalue weighted by molar-refractivity contribution is 5.88. The average molecular weight is 326 g/mol. The summed E-state index contributed by atoms with van der Waals surface area (Å²) in [4.78, 5) is 15.9. The Labute approximate surface area is 142 Å². The molecule has 1 aliphatic heterocycles. The molecular formula is C19H22N2O3. The highest BCUT2D eigenvalue weighted by Gasteiger charge is 2.19. The van der Waals surface area contributed by atoms with Crippen molar-refractivity contribution in [2.45, 2.75) is 6.54 Å². The Kier molecular flexibility index (Phi) is 5.01. The van der Waals surface area contributed by atoms with Crippen LogP contribution in [0.2, 0.25) is 0 Å². The number of hydrogen-bond donors (Lipinski definition) is 1. The van der Waals surface area contributed by atoms with Crippen LogP contribution < -0.4 is 9.64 Å². The summed E-state index contributed by atoms with van der Waals surface area (Å²) >= 11 is 0. The molecule has 3 rings (SSSR count). The van der Waals surface area contributed by atoms with Crippen LogP contribution in [-0.4, -0.2) is 49.3 Å². The Morgan fingerprint density at radius 1 is 1.08 bits per heavy atom. The maximum absolute atomic E-state index is 11.2. The standard InChI is InChI=1S/C19H22N2O3/c1-24-18-8-7-15(19(22)23)13-16(18)14-20-9-11-21(12-10-20)17-5-3-2-4-6-17/h2-8,13H,9-12,14H2,1H3,(H,22,23). The Balaban J connectivity index is 1.65. The fourth-order valence-electron chi connectivity index (χ4n) is 3.08. The molecule has 1 saturated heterocycles. The van der Waals surface area contributed by atoms with E-state index in [0.717, 1.165) is 37.5 Å². The number of para-hydroxylation sites is 1. The molecule has 5 heteroatoms. The minimum atomic E-state index is -0.909. The van der Waals surface area contributed by atoms with Crippen LogP contribution in [0.5, 0.6) is 5.75 Å². The molecule has 0 radical (unpaired) electrons. The van der Waals surface area contributed by atoms with Gasteiger partial charge in [-0.25, -0.2) is 4.79 Å². The van der Waals surface area contributed by atoms with Gasteiger partial charge in [-0.3, -0.25) is 4.90 Å². The summed E-state index contributed by atoms with van der Waals surface area (Å²) in [6, 6.07) is 15.4. The van der Waals surface area contributed by atoms with Crippen molar-refractivity contribution in [3.63, 3.8) is 0 Å². The molecule has 24 heavy (non-hydrogen) atoms.